The van der Waals surface area contributed by atoms with Crippen molar-refractivity contribution >= 4 is 23.4 Å². The first-order chi connectivity index (χ1) is 8.99. The molecular formula is C13H8ClF2NO2. The van der Waals surface area contributed by atoms with Gasteiger partial charge < -0.3 is 5.11 Å². The summed E-state index contributed by atoms with van der Waals surface area (Å²) in [5.41, 5.74) is 0.371. The molecule has 6 heteroatoms. The molecule has 19 heavy (non-hydrogen) atoms. The van der Waals surface area contributed by atoms with Crippen molar-refractivity contribution in [2.45, 2.75) is 0 Å². The van der Waals surface area contributed by atoms with E-state index in [0.717, 1.165) is 6.07 Å². The molecule has 0 saturated heterocycles. The zero-order valence-corrected chi connectivity index (χ0v) is 10.2. The molecule has 0 aliphatic carbocycles. The van der Waals surface area contributed by atoms with E-state index in [2.05, 4.69) is 5.32 Å². The van der Waals surface area contributed by atoms with Crippen molar-refractivity contribution in [2.75, 3.05) is 5.32 Å². The van der Waals surface area contributed by atoms with Crippen molar-refractivity contribution in [1.82, 2.24) is 0 Å². The van der Waals surface area contributed by atoms with E-state index < -0.39 is 17.7 Å². The largest absolute Gasteiger partial charge is 0.465 e. The van der Waals surface area contributed by atoms with Gasteiger partial charge in [0.1, 0.15) is 11.6 Å². The van der Waals surface area contributed by atoms with Gasteiger partial charge in [0.15, 0.2) is 0 Å². The molecular weight excluding hydrogens is 276 g/mol. The molecule has 0 aliphatic rings. The first-order valence-corrected chi connectivity index (χ1v) is 5.60. The van der Waals surface area contributed by atoms with Gasteiger partial charge in [0.2, 0.25) is 0 Å². The molecule has 1 amide bonds. The Morgan fingerprint density at radius 3 is 2.53 bits per heavy atom. The summed E-state index contributed by atoms with van der Waals surface area (Å²) >= 11 is 5.64. The monoisotopic (exact) mass is 283 g/mol. The second-order valence-corrected chi connectivity index (χ2v) is 4.13. The topological polar surface area (TPSA) is 49.3 Å². The molecule has 0 atom stereocenters. The molecule has 98 valence electrons. The minimum atomic E-state index is -1.32. The first kappa shape index (κ1) is 13.3. The number of nitrogens with one attached hydrogen (secondary N) is 1. The Hall–Kier alpha value is -2.14. The average molecular weight is 284 g/mol. The normalized spacial score (nSPS) is 10.3. The predicted octanol–water partition coefficient (Wildman–Crippen LogP) is 4.38. The average Bonchev–Trinajstić information content (AvgIpc) is 2.32. The highest BCUT2D eigenvalue weighted by Crippen LogP contribution is 2.33. The van der Waals surface area contributed by atoms with E-state index in [1.807, 2.05) is 0 Å². The molecule has 0 unspecified atom stereocenters. The maximum Gasteiger partial charge on any atom is 0.409 e. The summed E-state index contributed by atoms with van der Waals surface area (Å²) in [4.78, 5) is 10.7. The van der Waals surface area contributed by atoms with Crippen LogP contribution < -0.4 is 5.32 Å². The highest BCUT2D eigenvalue weighted by molar-refractivity contribution is 6.31. The fraction of sp³-hybridized carbons (Fsp3) is 0. The molecule has 2 aromatic rings. The Labute approximate surface area is 112 Å². The second kappa shape index (κ2) is 5.24. The van der Waals surface area contributed by atoms with Gasteiger partial charge in [-0.1, -0.05) is 23.7 Å². The number of carboxylic acid groups (broad SMARTS) is 1. The first-order valence-electron chi connectivity index (χ1n) is 5.23. The highest BCUT2D eigenvalue weighted by atomic mass is 35.5. The fourth-order valence-corrected chi connectivity index (χ4v) is 1.87. The maximum absolute atomic E-state index is 13.8. The molecule has 0 aliphatic heterocycles. The van der Waals surface area contributed by atoms with E-state index in [1.54, 1.807) is 0 Å². The Morgan fingerprint density at radius 1 is 1.16 bits per heavy atom. The van der Waals surface area contributed by atoms with Crippen LogP contribution in [0.15, 0.2) is 36.4 Å². The van der Waals surface area contributed by atoms with E-state index in [-0.39, 0.29) is 21.8 Å². The summed E-state index contributed by atoms with van der Waals surface area (Å²) in [6.07, 6.45) is -1.32. The molecule has 2 aromatic carbocycles. The van der Waals surface area contributed by atoms with Gasteiger partial charge in [-0.15, -0.1) is 0 Å². The third kappa shape index (κ3) is 2.82. The summed E-state index contributed by atoms with van der Waals surface area (Å²) < 4.78 is 26.9. The maximum atomic E-state index is 13.8. The fourth-order valence-electron chi connectivity index (χ4n) is 1.69. The lowest BCUT2D eigenvalue weighted by atomic mass is 10.0. The van der Waals surface area contributed by atoms with Crippen LogP contribution in [0.5, 0.6) is 0 Å². The van der Waals surface area contributed by atoms with Gasteiger partial charge in [-0.05, 0) is 29.8 Å². The van der Waals surface area contributed by atoms with Crippen LogP contribution in [0.25, 0.3) is 11.1 Å². The van der Waals surface area contributed by atoms with Crippen LogP contribution in [0.3, 0.4) is 0 Å². The SMILES string of the molecule is O=C(O)Nc1cccc(F)c1-c1ccc(F)c(Cl)c1. The van der Waals surface area contributed by atoms with Crippen LogP contribution in [-0.2, 0) is 0 Å². The zero-order chi connectivity index (χ0) is 14.0. The molecule has 0 saturated carbocycles. The van der Waals surface area contributed by atoms with Gasteiger partial charge in [0.05, 0.1) is 10.7 Å². The smallest absolute Gasteiger partial charge is 0.409 e. The van der Waals surface area contributed by atoms with Gasteiger partial charge in [-0.25, -0.2) is 13.6 Å². The quantitative estimate of drug-likeness (QED) is 0.859. The van der Waals surface area contributed by atoms with Crippen molar-refractivity contribution in [1.29, 1.82) is 0 Å². The molecule has 0 aromatic heterocycles. The highest BCUT2D eigenvalue weighted by Gasteiger charge is 2.14. The van der Waals surface area contributed by atoms with E-state index in [1.165, 1.54) is 30.3 Å². The Kier molecular flexibility index (Phi) is 3.66. The van der Waals surface area contributed by atoms with Crippen molar-refractivity contribution in [3.63, 3.8) is 0 Å². The lowest BCUT2D eigenvalue weighted by Gasteiger charge is -2.11. The van der Waals surface area contributed by atoms with Gasteiger partial charge in [-0.2, -0.15) is 0 Å². The van der Waals surface area contributed by atoms with Crippen LogP contribution in [-0.4, -0.2) is 11.2 Å². The summed E-state index contributed by atoms with van der Waals surface area (Å²) in [5.74, 6) is -1.26. The lowest BCUT2D eigenvalue weighted by molar-refractivity contribution is 0.210. The molecule has 0 fully saturated rings. The molecule has 0 bridgehead atoms. The lowest BCUT2D eigenvalue weighted by Crippen LogP contribution is -2.09. The summed E-state index contributed by atoms with van der Waals surface area (Å²) in [6.45, 7) is 0. The van der Waals surface area contributed by atoms with Crippen LogP contribution in [0.1, 0.15) is 0 Å². The number of anilines is 1. The number of hydrogen-bond acceptors (Lipinski definition) is 1. The predicted molar refractivity (Wildman–Crippen MR) is 68.5 cm³/mol. The number of benzene rings is 2. The van der Waals surface area contributed by atoms with Crippen molar-refractivity contribution in [3.8, 4) is 11.1 Å². The summed E-state index contributed by atoms with van der Waals surface area (Å²) in [5, 5.41) is 10.6. The number of carbonyl (C=O) groups is 1. The van der Waals surface area contributed by atoms with Crippen LogP contribution in [0, 0.1) is 11.6 Å². The van der Waals surface area contributed by atoms with Gasteiger partial charge >= 0.3 is 6.09 Å². The van der Waals surface area contributed by atoms with E-state index >= 15 is 0 Å². The molecule has 0 heterocycles. The minimum Gasteiger partial charge on any atom is -0.465 e. The van der Waals surface area contributed by atoms with Gasteiger partial charge in [0.25, 0.3) is 0 Å². The van der Waals surface area contributed by atoms with Gasteiger partial charge in [0, 0.05) is 5.56 Å². The van der Waals surface area contributed by atoms with Crippen molar-refractivity contribution in [2.24, 2.45) is 0 Å². The third-order valence-electron chi connectivity index (χ3n) is 2.46. The minimum absolute atomic E-state index is 0.0202. The number of halogens is 3. The molecule has 0 spiro atoms. The molecule has 3 nitrogen and oxygen atoms in total. The second-order valence-electron chi connectivity index (χ2n) is 3.72. The van der Waals surface area contributed by atoms with E-state index in [0.29, 0.717) is 0 Å². The number of rotatable bonds is 2. The summed E-state index contributed by atoms with van der Waals surface area (Å²) in [7, 11) is 0. The van der Waals surface area contributed by atoms with Crippen molar-refractivity contribution in [3.05, 3.63) is 53.1 Å². The van der Waals surface area contributed by atoms with Crippen LogP contribution in [0.2, 0.25) is 5.02 Å². The third-order valence-corrected chi connectivity index (χ3v) is 2.75. The van der Waals surface area contributed by atoms with Crippen LogP contribution in [0.4, 0.5) is 19.3 Å². The standard InChI is InChI=1S/C13H8ClF2NO2/c14-8-6-7(4-5-9(8)15)12-10(16)2-1-3-11(12)17-13(18)19/h1-6,17H,(H,18,19). The van der Waals surface area contributed by atoms with E-state index in [4.69, 9.17) is 16.7 Å². The molecule has 2 rings (SSSR count). The Morgan fingerprint density at radius 2 is 1.89 bits per heavy atom. The van der Waals surface area contributed by atoms with Crippen molar-refractivity contribution < 1.29 is 18.7 Å². The van der Waals surface area contributed by atoms with Crippen LogP contribution >= 0.6 is 11.6 Å². The Balaban J connectivity index is 2.59. The molecule has 0 radical (unpaired) electrons. The molecule has 2 N–H and O–H groups in total. The number of amides is 1. The Bertz CT molecular complexity index is 647. The summed E-state index contributed by atoms with van der Waals surface area (Å²) in [6, 6.07) is 7.61. The van der Waals surface area contributed by atoms with Gasteiger partial charge in [-0.3, -0.25) is 5.32 Å². The number of hydrogen-bond donors (Lipinski definition) is 2. The van der Waals surface area contributed by atoms with E-state index in [9.17, 15) is 13.6 Å². The zero-order valence-electron chi connectivity index (χ0n) is 9.45.